The largest absolute Gasteiger partial charge is 0.409 e. The van der Waals surface area contributed by atoms with E-state index in [2.05, 4.69) is 22.3 Å². The minimum absolute atomic E-state index is 0.000275. The molecule has 1 heterocycles. The average Bonchev–Trinajstić information content (AvgIpc) is 2.46. The number of amides is 2. The van der Waals surface area contributed by atoms with Gasteiger partial charge in [0.15, 0.2) is 5.84 Å². The van der Waals surface area contributed by atoms with Gasteiger partial charge in [-0.2, -0.15) is 0 Å². The highest BCUT2D eigenvalue weighted by Crippen LogP contribution is 2.17. The van der Waals surface area contributed by atoms with Crippen LogP contribution in [0.4, 0.5) is 4.79 Å². The van der Waals surface area contributed by atoms with Gasteiger partial charge in [0.2, 0.25) is 0 Å². The van der Waals surface area contributed by atoms with E-state index in [0.717, 1.165) is 19.4 Å². The fourth-order valence-electron chi connectivity index (χ4n) is 2.24. The fraction of sp³-hybridized carbons (Fsp3) is 0.846. The number of oxime groups is 1. The van der Waals surface area contributed by atoms with Crippen molar-refractivity contribution in [2.75, 3.05) is 32.7 Å². The Morgan fingerprint density at radius 1 is 1.35 bits per heavy atom. The van der Waals surface area contributed by atoms with Gasteiger partial charge in [-0.05, 0) is 20.3 Å². The molecule has 7 heteroatoms. The Balaban J connectivity index is 2.45. The summed E-state index contributed by atoms with van der Waals surface area (Å²) in [5, 5.41) is 14.8. The zero-order valence-electron chi connectivity index (χ0n) is 12.7. The summed E-state index contributed by atoms with van der Waals surface area (Å²) in [5.41, 5.74) is 5.22. The number of hydrogen-bond acceptors (Lipinski definition) is 4. The topological polar surface area (TPSA) is 94.2 Å². The molecule has 0 unspecified atom stereocenters. The number of amidine groups is 1. The molecule has 0 aromatic rings. The van der Waals surface area contributed by atoms with Crippen molar-refractivity contribution in [3.05, 3.63) is 0 Å². The molecule has 0 aromatic heterocycles. The molecule has 1 rings (SSSR count). The van der Waals surface area contributed by atoms with Crippen LogP contribution in [0, 0.1) is 0 Å². The molecule has 116 valence electrons. The molecule has 1 aliphatic rings. The Kier molecular flexibility index (Phi) is 6.06. The van der Waals surface area contributed by atoms with Crippen molar-refractivity contribution in [1.82, 2.24) is 15.1 Å². The quantitative estimate of drug-likeness (QED) is 0.227. The molecule has 1 saturated heterocycles. The highest BCUT2D eigenvalue weighted by atomic mass is 16.4. The van der Waals surface area contributed by atoms with E-state index in [-0.39, 0.29) is 11.9 Å². The zero-order chi connectivity index (χ0) is 15.2. The number of nitrogens with two attached hydrogens (primary N) is 1. The van der Waals surface area contributed by atoms with Crippen molar-refractivity contribution >= 4 is 11.9 Å². The van der Waals surface area contributed by atoms with Gasteiger partial charge in [0.25, 0.3) is 0 Å². The Morgan fingerprint density at radius 2 is 1.95 bits per heavy atom. The second kappa shape index (κ2) is 7.33. The lowest BCUT2D eigenvalue weighted by Crippen LogP contribution is -2.61. The molecule has 7 nitrogen and oxygen atoms in total. The normalized spacial score (nSPS) is 18.1. The maximum Gasteiger partial charge on any atom is 0.317 e. The SMILES string of the molecule is CCCCNC(=O)N1CCN(C(C)(C)C(N)=NO)CC1. The van der Waals surface area contributed by atoms with Crippen LogP contribution in [-0.2, 0) is 0 Å². The van der Waals surface area contributed by atoms with Gasteiger partial charge in [0, 0.05) is 32.7 Å². The van der Waals surface area contributed by atoms with Crippen molar-refractivity contribution < 1.29 is 10.0 Å². The second-order valence-corrected chi connectivity index (χ2v) is 5.60. The number of hydrogen-bond donors (Lipinski definition) is 3. The van der Waals surface area contributed by atoms with E-state index < -0.39 is 5.54 Å². The lowest BCUT2D eigenvalue weighted by molar-refractivity contribution is 0.0952. The highest BCUT2D eigenvalue weighted by Gasteiger charge is 2.34. The minimum atomic E-state index is -0.500. The molecule has 20 heavy (non-hydrogen) atoms. The molecule has 0 spiro atoms. The summed E-state index contributed by atoms with van der Waals surface area (Å²) in [4.78, 5) is 15.9. The Hall–Kier alpha value is -1.50. The van der Waals surface area contributed by atoms with Gasteiger partial charge >= 0.3 is 6.03 Å². The molecule has 0 aliphatic carbocycles. The van der Waals surface area contributed by atoms with Crippen LogP contribution in [0.2, 0.25) is 0 Å². The summed E-state index contributed by atoms with van der Waals surface area (Å²) in [6, 6.07) is -0.000275. The summed E-state index contributed by atoms with van der Waals surface area (Å²) in [7, 11) is 0. The smallest absolute Gasteiger partial charge is 0.317 e. The molecular weight excluding hydrogens is 258 g/mol. The van der Waals surface area contributed by atoms with Gasteiger partial charge in [0.1, 0.15) is 0 Å². The second-order valence-electron chi connectivity index (χ2n) is 5.60. The molecule has 0 aromatic carbocycles. The summed E-state index contributed by atoms with van der Waals surface area (Å²) >= 11 is 0. The van der Waals surface area contributed by atoms with Gasteiger partial charge in [-0.3, -0.25) is 4.90 Å². The summed E-state index contributed by atoms with van der Waals surface area (Å²) in [5.74, 6) is 0.193. The number of unbranched alkanes of at least 4 members (excludes halogenated alkanes) is 1. The third-order valence-electron chi connectivity index (χ3n) is 3.90. The number of nitrogens with one attached hydrogen (secondary N) is 1. The predicted octanol–water partition coefficient (Wildman–Crippen LogP) is 0.639. The summed E-state index contributed by atoms with van der Waals surface area (Å²) < 4.78 is 0. The molecule has 1 fully saturated rings. The fourth-order valence-corrected chi connectivity index (χ4v) is 2.24. The van der Waals surface area contributed by atoms with Crippen LogP contribution in [0.3, 0.4) is 0 Å². The lowest BCUT2D eigenvalue weighted by Gasteiger charge is -2.43. The first kappa shape index (κ1) is 16.6. The molecule has 0 saturated carbocycles. The molecule has 0 atom stereocenters. The van der Waals surface area contributed by atoms with Gasteiger partial charge in [-0.25, -0.2) is 4.79 Å². The maximum atomic E-state index is 11.9. The van der Waals surface area contributed by atoms with E-state index in [4.69, 9.17) is 10.9 Å². The molecule has 2 amide bonds. The first-order chi connectivity index (χ1) is 9.43. The number of carbonyl (C=O) groups excluding carboxylic acids is 1. The van der Waals surface area contributed by atoms with Crippen molar-refractivity contribution in [3.63, 3.8) is 0 Å². The Labute approximate surface area is 120 Å². The minimum Gasteiger partial charge on any atom is -0.409 e. The molecule has 0 bridgehead atoms. The van der Waals surface area contributed by atoms with Crippen molar-refractivity contribution in [3.8, 4) is 0 Å². The third-order valence-corrected chi connectivity index (χ3v) is 3.90. The highest BCUT2D eigenvalue weighted by molar-refractivity contribution is 5.88. The number of piperazine rings is 1. The average molecular weight is 285 g/mol. The van der Waals surface area contributed by atoms with E-state index in [1.165, 1.54) is 0 Å². The predicted molar refractivity (Wildman–Crippen MR) is 78.9 cm³/mol. The van der Waals surface area contributed by atoms with E-state index >= 15 is 0 Å². The van der Waals surface area contributed by atoms with Crippen LogP contribution in [0.1, 0.15) is 33.6 Å². The molecular formula is C13H27N5O2. The standard InChI is InChI=1S/C13H27N5O2/c1-4-5-6-15-12(19)17-7-9-18(10-8-17)13(2,3)11(14)16-20/h20H,4-10H2,1-3H3,(H2,14,16)(H,15,19). The van der Waals surface area contributed by atoms with Crippen LogP contribution in [0.5, 0.6) is 0 Å². The summed E-state index contributed by atoms with van der Waals surface area (Å²) in [6.07, 6.45) is 2.07. The first-order valence-corrected chi connectivity index (χ1v) is 7.19. The molecule has 4 N–H and O–H groups in total. The van der Waals surface area contributed by atoms with Gasteiger partial charge < -0.3 is 21.2 Å². The monoisotopic (exact) mass is 285 g/mol. The maximum absolute atomic E-state index is 11.9. The number of rotatable bonds is 5. The van der Waals surface area contributed by atoms with Crippen LogP contribution < -0.4 is 11.1 Å². The number of nitrogens with zero attached hydrogens (tertiary/aromatic N) is 3. The molecule has 1 aliphatic heterocycles. The Bertz CT molecular complexity index is 349. The van der Waals surface area contributed by atoms with E-state index in [1.807, 2.05) is 18.7 Å². The van der Waals surface area contributed by atoms with Gasteiger partial charge in [-0.15, -0.1) is 0 Å². The van der Waals surface area contributed by atoms with Crippen LogP contribution in [0.15, 0.2) is 5.16 Å². The van der Waals surface area contributed by atoms with E-state index in [0.29, 0.717) is 26.2 Å². The van der Waals surface area contributed by atoms with Crippen molar-refractivity contribution in [1.29, 1.82) is 0 Å². The van der Waals surface area contributed by atoms with Gasteiger partial charge in [0.05, 0.1) is 5.54 Å². The number of urea groups is 1. The Morgan fingerprint density at radius 3 is 2.45 bits per heavy atom. The van der Waals surface area contributed by atoms with Crippen molar-refractivity contribution in [2.24, 2.45) is 10.9 Å². The lowest BCUT2D eigenvalue weighted by atomic mass is 10.0. The molecule has 0 radical (unpaired) electrons. The van der Waals surface area contributed by atoms with Crippen LogP contribution in [-0.4, -0.2) is 65.1 Å². The van der Waals surface area contributed by atoms with Crippen LogP contribution >= 0.6 is 0 Å². The zero-order valence-corrected chi connectivity index (χ0v) is 12.7. The van der Waals surface area contributed by atoms with Crippen LogP contribution in [0.25, 0.3) is 0 Å². The van der Waals surface area contributed by atoms with Crippen molar-refractivity contribution in [2.45, 2.75) is 39.2 Å². The third kappa shape index (κ3) is 4.00. The first-order valence-electron chi connectivity index (χ1n) is 7.19. The number of carbonyl (C=O) groups is 1. The summed E-state index contributed by atoms with van der Waals surface area (Å²) in [6.45, 7) is 9.39. The van der Waals surface area contributed by atoms with Gasteiger partial charge in [-0.1, -0.05) is 18.5 Å². The van der Waals surface area contributed by atoms with E-state index in [1.54, 1.807) is 0 Å². The van der Waals surface area contributed by atoms with E-state index in [9.17, 15) is 4.79 Å².